The molecule has 0 saturated carbocycles. The van der Waals surface area contributed by atoms with Crippen LogP contribution < -0.4 is 16.0 Å². The minimum absolute atomic E-state index is 0.0140. The third kappa shape index (κ3) is 3.65. The fraction of sp³-hybridized carbons (Fsp3) is 0.417. The predicted octanol–water partition coefficient (Wildman–Crippen LogP) is 1.30. The molecule has 0 atom stereocenters. The van der Waals surface area contributed by atoms with Crippen LogP contribution in [0.4, 0.5) is 5.69 Å². The lowest BCUT2D eigenvalue weighted by Gasteiger charge is -2.22. The summed E-state index contributed by atoms with van der Waals surface area (Å²) in [5, 5.41) is 10.9. The zero-order valence-corrected chi connectivity index (χ0v) is 11.1. The van der Waals surface area contributed by atoms with E-state index in [9.17, 15) is 14.9 Å². The molecule has 0 fully saturated rings. The molecule has 104 valence electrons. The van der Waals surface area contributed by atoms with Crippen molar-refractivity contribution in [1.82, 2.24) is 5.43 Å². The molecular weight excluding hydrogens is 250 g/mol. The van der Waals surface area contributed by atoms with Crippen LogP contribution in [0.15, 0.2) is 18.2 Å². The van der Waals surface area contributed by atoms with Crippen molar-refractivity contribution in [2.75, 3.05) is 6.61 Å². The zero-order valence-electron chi connectivity index (χ0n) is 11.1. The maximum atomic E-state index is 11.5. The zero-order chi connectivity index (χ0) is 14.6. The van der Waals surface area contributed by atoms with Crippen molar-refractivity contribution >= 4 is 11.6 Å². The van der Waals surface area contributed by atoms with Crippen molar-refractivity contribution in [2.24, 2.45) is 11.3 Å². The molecule has 1 amide bonds. The lowest BCUT2D eigenvalue weighted by atomic mass is 9.94. The maximum Gasteiger partial charge on any atom is 0.311 e. The number of amides is 1. The number of hydrogen-bond acceptors (Lipinski definition) is 5. The molecule has 0 spiro atoms. The molecule has 0 heterocycles. The van der Waals surface area contributed by atoms with Gasteiger partial charge in [-0.25, -0.2) is 5.84 Å². The van der Waals surface area contributed by atoms with Crippen molar-refractivity contribution < 1.29 is 14.5 Å². The highest BCUT2D eigenvalue weighted by atomic mass is 16.6. The van der Waals surface area contributed by atoms with Gasteiger partial charge in [0, 0.05) is 6.07 Å². The molecule has 0 bridgehead atoms. The Morgan fingerprint density at radius 2 is 2.16 bits per heavy atom. The maximum absolute atomic E-state index is 11.5. The van der Waals surface area contributed by atoms with E-state index in [0.29, 0.717) is 0 Å². The van der Waals surface area contributed by atoms with Crippen LogP contribution in [0.2, 0.25) is 0 Å². The summed E-state index contributed by atoms with van der Waals surface area (Å²) in [6.07, 6.45) is 0. The highest BCUT2D eigenvalue weighted by Crippen LogP contribution is 2.29. The molecule has 3 N–H and O–H groups in total. The number of nitrogens with two attached hydrogens (primary N) is 1. The van der Waals surface area contributed by atoms with Gasteiger partial charge in [-0.2, -0.15) is 0 Å². The Bertz CT molecular complexity index is 500. The van der Waals surface area contributed by atoms with Gasteiger partial charge in [0.25, 0.3) is 0 Å². The Labute approximate surface area is 110 Å². The van der Waals surface area contributed by atoms with Gasteiger partial charge in [-0.3, -0.25) is 20.3 Å². The summed E-state index contributed by atoms with van der Waals surface area (Å²) in [7, 11) is 0. The van der Waals surface area contributed by atoms with E-state index in [-0.39, 0.29) is 18.0 Å². The van der Waals surface area contributed by atoms with Crippen LogP contribution in [0.5, 0.6) is 5.75 Å². The Morgan fingerprint density at radius 3 is 2.68 bits per heavy atom. The van der Waals surface area contributed by atoms with E-state index < -0.39 is 16.2 Å². The van der Waals surface area contributed by atoms with Crippen molar-refractivity contribution in [3.63, 3.8) is 0 Å². The average molecular weight is 267 g/mol. The molecule has 0 saturated heterocycles. The minimum Gasteiger partial charge on any atom is -0.486 e. The molecule has 0 aliphatic rings. The number of nitro benzene ring substituents is 1. The smallest absolute Gasteiger partial charge is 0.311 e. The summed E-state index contributed by atoms with van der Waals surface area (Å²) in [4.78, 5) is 21.9. The number of aryl methyl sites for hydroxylation is 1. The molecule has 7 nitrogen and oxygen atoms in total. The average Bonchev–Trinajstić information content (AvgIpc) is 2.36. The first-order valence-electron chi connectivity index (χ1n) is 5.67. The summed E-state index contributed by atoms with van der Waals surface area (Å²) >= 11 is 0. The van der Waals surface area contributed by atoms with Crippen molar-refractivity contribution in [2.45, 2.75) is 20.8 Å². The van der Waals surface area contributed by atoms with Gasteiger partial charge in [-0.15, -0.1) is 0 Å². The molecule has 7 heteroatoms. The summed E-state index contributed by atoms with van der Waals surface area (Å²) in [5.74, 6) is 4.79. The SMILES string of the molecule is Cc1ccc(OCC(C)(C)C(=O)NN)c([N+](=O)[O-])c1. The largest absolute Gasteiger partial charge is 0.486 e. The quantitative estimate of drug-likeness (QED) is 0.362. The summed E-state index contributed by atoms with van der Waals surface area (Å²) in [5.41, 5.74) is 1.79. The standard InChI is InChI=1S/C12H17N3O4/c1-8-4-5-10(9(6-8)15(17)18)19-7-12(2,3)11(16)14-13/h4-6H,7,13H2,1-3H3,(H,14,16). The molecule has 0 aliphatic heterocycles. The molecule has 1 aromatic carbocycles. The van der Waals surface area contributed by atoms with Crippen molar-refractivity contribution in [3.8, 4) is 5.75 Å². The predicted molar refractivity (Wildman–Crippen MR) is 69.4 cm³/mol. The topological polar surface area (TPSA) is 107 Å². The number of carbonyl (C=O) groups is 1. The van der Waals surface area contributed by atoms with Crippen molar-refractivity contribution in [1.29, 1.82) is 0 Å². The van der Waals surface area contributed by atoms with E-state index in [2.05, 4.69) is 0 Å². The van der Waals surface area contributed by atoms with Gasteiger partial charge in [0.05, 0.1) is 10.3 Å². The van der Waals surface area contributed by atoms with Crippen molar-refractivity contribution in [3.05, 3.63) is 33.9 Å². The first-order chi connectivity index (χ1) is 8.77. The number of nitro groups is 1. The summed E-state index contributed by atoms with van der Waals surface area (Å²) in [6.45, 7) is 5.01. The molecule has 1 aromatic rings. The number of nitrogens with zero attached hydrogens (tertiary/aromatic N) is 1. The van der Waals surface area contributed by atoms with Crippen LogP contribution in [0.25, 0.3) is 0 Å². The van der Waals surface area contributed by atoms with Gasteiger partial charge in [-0.1, -0.05) is 6.07 Å². The highest BCUT2D eigenvalue weighted by Gasteiger charge is 2.29. The third-order valence-corrected chi connectivity index (χ3v) is 2.65. The van der Waals surface area contributed by atoms with Crippen LogP contribution in [0.3, 0.4) is 0 Å². The Balaban J connectivity index is 2.89. The monoisotopic (exact) mass is 267 g/mol. The number of hydrogen-bond donors (Lipinski definition) is 2. The second-order valence-electron chi connectivity index (χ2n) is 4.87. The van der Waals surface area contributed by atoms with Crippen LogP contribution >= 0.6 is 0 Å². The van der Waals surface area contributed by atoms with Crippen LogP contribution in [0.1, 0.15) is 19.4 Å². The van der Waals surface area contributed by atoms with E-state index in [1.165, 1.54) is 12.1 Å². The van der Waals surface area contributed by atoms with Gasteiger partial charge in [0.1, 0.15) is 6.61 Å². The molecule has 1 rings (SSSR count). The van der Waals surface area contributed by atoms with E-state index in [4.69, 9.17) is 10.6 Å². The molecule has 19 heavy (non-hydrogen) atoms. The molecule has 0 unspecified atom stereocenters. The Morgan fingerprint density at radius 1 is 1.53 bits per heavy atom. The van der Waals surface area contributed by atoms with Gasteiger partial charge < -0.3 is 4.74 Å². The number of ether oxygens (including phenoxy) is 1. The number of carbonyl (C=O) groups excluding carboxylic acids is 1. The number of benzene rings is 1. The lowest BCUT2D eigenvalue weighted by molar-refractivity contribution is -0.386. The van der Waals surface area contributed by atoms with Gasteiger partial charge in [0.2, 0.25) is 5.91 Å². The normalized spacial score (nSPS) is 10.9. The lowest BCUT2D eigenvalue weighted by Crippen LogP contribution is -2.44. The second-order valence-corrected chi connectivity index (χ2v) is 4.87. The van der Waals surface area contributed by atoms with E-state index in [1.54, 1.807) is 26.8 Å². The van der Waals surface area contributed by atoms with Gasteiger partial charge >= 0.3 is 5.69 Å². The second kappa shape index (κ2) is 5.66. The fourth-order valence-corrected chi connectivity index (χ4v) is 1.41. The highest BCUT2D eigenvalue weighted by molar-refractivity contribution is 5.81. The minimum atomic E-state index is -0.881. The number of rotatable bonds is 5. The van der Waals surface area contributed by atoms with Crippen LogP contribution in [-0.4, -0.2) is 17.4 Å². The molecule has 0 aliphatic carbocycles. The summed E-state index contributed by atoms with van der Waals surface area (Å²) in [6, 6.07) is 4.65. The van der Waals surface area contributed by atoms with Gasteiger partial charge in [0.15, 0.2) is 5.75 Å². The Hall–Kier alpha value is -2.15. The van der Waals surface area contributed by atoms with Crippen LogP contribution in [-0.2, 0) is 4.79 Å². The molecule has 0 radical (unpaired) electrons. The van der Waals surface area contributed by atoms with E-state index in [1.807, 2.05) is 5.43 Å². The third-order valence-electron chi connectivity index (χ3n) is 2.65. The first kappa shape index (κ1) is 14.9. The van der Waals surface area contributed by atoms with E-state index >= 15 is 0 Å². The van der Waals surface area contributed by atoms with Gasteiger partial charge in [-0.05, 0) is 32.4 Å². The number of hydrazine groups is 1. The molecular formula is C12H17N3O4. The van der Waals surface area contributed by atoms with E-state index in [0.717, 1.165) is 5.56 Å². The van der Waals surface area contributed by atoms with Crippen LogP contribution in [0, 0.1) is 22.5 Å². The molecule has 0 aromatic heterocycles. The fourth-order valence-electron chi connectivity index (χ4n) is 1.41. The first-order valence-corrected chi connectivity index (χ1v) is 5.67. The Kier molecular flexibility index (Phi) is 4.44. The number of nitrogens with one attached hydrogen (secondary N) is 1. The summed E-state index contributed by atoms with van der Waals surface area (Å²) < 4.78 is 5.38.